The van der Waals surface area contributed by atoms with Gasteiger partial charge in [-0.3, -0.25) is 4.79 Å². The Bertz CT molecular complexity index is 428. The van der Waals surface area contributed by atoms with Gasteiger partial charge in [0, 0.05) is 31.7 Å². The number of likely N-dealkylation sites (tertiary alicyclic amines) is 1. The molecule has 20 heavy (non-hydrogen) atoms. The number of nitrogens with zero attached hydrogens (tertiary/aromatic N) is 1. The highest BCUT2D eigenvalue weighted by molar-refractivity contribution is 5.90. The molecule has 0 spiro atoms. The lowest BCUT2D eigenvalue weighted by molar-refractivity contribution is -0.116. The fourth-order valence-corrected chi connectivity index (χ4v) is 3.14. The first-order chi connectivity index (χ1) is 9.31. The zero-order valence-corrected chi connectivity index (χ0v) is 12.4. The van der Waals surface area contributed by atoms with Gasteiger partial charge in [0.25, 0.3) is 0 Å². The molecule has 2 aliphatic rings. The van der Waals surface area contributed by atoms with Gasteiger partial charge in [-0.2, -0.15) is 0 Å². The molecule has 0 aliphatic carbocycles. The van der Waals surface area contributed by atoms with Gasteiger partial charge in [-0.25, -0.2) is 0 Å². The van der Waals surface area contributed by atoms with Crippen molar-refractivity contribution in [2.45, 2.75) is 6.42 Å². The Morgan fingerprint density at radius 1 is 1.20 bits per heavy atom. The van der Waals surface area contributed by atoms with Crippen LogP contribution in [0.4, 0.5) is 5.69 Å². The molecule has 2 aliphatic heterocycles. The minimum absolute atomic E-state index is 0. The molecule has 0 radical (unpaired) electrons. The Hall–Kier alpha value is -1.10. The number of hydrogen-bond acceptors (Lipinski definition) is 3. The minimum Gasteiger partial charge on any atom is -0.326 e. The number of rotatable bonds is 4. The standard InChI is InChI=1S/C15H21N3O.ClH/c19-15(17-14-4-2-1-3-5-14)6-7-18-10-12-8-16-9-13(12)11-18;/h1-5,12-13,16H,6-11H2,(H,17,19);1H/t12-,13+;. The van der Waals surface area contributed by atoms with Crippen LogP contribution in [0.2, 0.25) is 0 Å². The first-order valence-corrected chi connectivity index (χ1v) is 7.09. The molecule has 1 amide bonds. The Kier molecular flexibility index (Phi) is 5.40. The highest BCUT2D eigenvalue weighted by Gasteiger charge is 2.35. The van der Waals surface area contributed by atoms with Gasteiger partial charge in [-0.1, -0.05) is 18.2 Å². The number of nitrogens with one attached hydrogen (secondary N) is 2. The molecular weight excluding hydrogens is 274 g/mol. The van der Waals surface area contributed by atoms with E-state index >= 15 is 0 Å². The molecule has 2 N–H and O–H groups in total. The molecule has 2 atom stereocenters. The van der Waals surface area contributed by atoms with E-state index in [1.165, 1.54) is 0 Å². The number of halogens is 1. The van der Waals surface area contributed by atoms with Crippen molar-refractivity contribution >= 4 is 24.0 Å². The van der Waals surface area contributed by atoms with Gasteiger partial charge in [0.1, 0.15) is 0 Å². The molecule has 2 fully saturated rings. The van der Waals surface area contributed by atoms with E-state index in [0.717, 1.165) is 50.2 Å². The molecule has 110 valence electrons. The zero-order valence-electron chi connectivity index (χ0n) is 11.5. The van der Waals surface area contributed by atoms with Crippen molar-refractivity contribution in [2.24, 2.45) is 11.8 Å². The number of carbonyl (C=O) groups is 1. The third-order valence-electron chi connectivity index (χ3n) is 4.18. The van der Waals surface area contributed by atoms with Crippen LogP contribution in [-0.4, -0.2) is 43.5 Å². The fraction of sp³-hybridized carbons (Fsp3) is 0.533. The van der Waals surface area contributed by atoms with Crippen LogP contribution in [0, 0.1) is 11.8 Å². The summed E-state index contributed by atoms with van der Waals surface area (Å²) < 4.78 is 0. The Morgan fingerprint density at radius 3 is 2.50 bits per heavy atom. The average molecular weight is 296 g/mol. The summed E-state index contributed by atoms with van der Waals surface area (Å²) in [5.41, 5.74) is 0.884. The van der Waals surface area contributed by atoms with Gasteiger partial charge < -0.3 is 15.5 Å². The summed E-state index contributed by atoms with van der Waals surface area (Å²) in [6.07, 6.45) is 0.585. The summed E-state index contributed by atoms with van der Waals surface area (Å²) in [5, 5.41) is 6.37. The Labute approximate surface area is 126 Å². The predicted octanol–water partition coefficient (Wildman–Crippen LogP) is 1.59. The van der Waals surface area contributed by atoms with E-state index in [9.17, 15) is 4.79 Å². The quantitative estimate of drug-likeness (QED) is 0.887. The highest BCUT2D eigenvalue weighted by atomic mass is 35.5. The normalized spacial score (nSPS) is 25.0. The van der Waals surface area contributed by atoms with Crippen LogP contribution in [0.5, 0.6) is 0 Å². The van der Waals surface area contributed by atoms with E-state index in [-0.39, 0.29) is 18.3 Å². The number of hydrogen-bond donors (Lipinski definition) is 2. The number of anilines is 1. The van der Waals surface area contributed by atoms with E-state index in [1.807, 2.05) is 30.3 Å². The second kappa shape index (κ2) is 7.07. The minimum atomic E-state index is 0. The zero-order chi connectivity index (χ0) is 13.1. The SMILES string of the molecule is Cl.O=C(CCN1C[C@H]2CNC[C@H]2C1)Nc1ccccc1. The van der Waals surface area contributed by atoms with Crippen molar-refractivity contribution in [3.05, 3.63) is 30.3 Å². The Balaban J connectivity index is 0.00000147. The Morgan fingerprint density at radius 2 is 1.85 bits per heavy atom. The molecule has 0 aromatic heterocycles. The molecule has 5 heteroatoms. The van der Waals surface area contributed by atoms with Crippen LogP contribution in [0.15, 0.2) is 30.3 Å². The summed E-state index contributed by atoms with van der Waals surface area (Å²) in [7, 11) is 0. The first kappa shape index (κ1) is 15.3. The summed E-state index contributed by atoms with van der Waals surface area (Å²) in [6, 6.07) is 9.66. The topological polar surface area (TPSA) is 44.4 Å². The van der Waals surface area contributed by atoms with Crippen LogP contribution in [0.25, 0.3) is 0 Å². The lowest BCUT2D eigenvalue weighted by Gasteiger charge is -2.16. The summed E-state index contributed by atoms with van der Waals surface area (Å²) >= 11 is 0. The molecule has 3 rings (SSSR count). The van der Waals surface area contributed by atoms with E-state index < -0.39 is 0 Å². The van der Waals surface area contributed by atoms with Crippen LogP contribution in [-0.2, 0) is 4.79 Å². The third kappa shape index (κ3) is 3.72. The molecule has 2 saturated heterocycles. The maximum atomic E-state index is 11.9. The van der Waals surface area contributed by atoms with Gasteiger partial charge in [0.05, 0.1) is 0 Å². The predicted molar refractivity (Wildman–Crippen MR) is 83.2 cm³/mol. The van der Waals surface area contributed by atoms with Crippen LogP contribution in [0.1, 0.15) is 6.42 Å². The van der Waals surface area contributed by atoms with E-state index in [0.29, 0.717) is 6.42 Å². The van der Waals surface area contributed by atoms with Gasteiger partial charge >= 0.3 is 0 Å². The van der Waals surface area contributed by atoms with Crippen molar-refractivity contribution in [3.8, 4) is 0 Å². The number of amides is 1. The summed E-state index contributed by atoms with van der Waals surface area (Å²) in [4.78, 5) is 14.3. The molecule has 0 bridgehead atoms. The number of benzene rings is 1. The highest BCUT2D eigenvalue weighted by Crippen LogP contribution is 2.26. The third-order valence-corrected chi connectivity index (χ3v) is 4.18. The maximum Gasteiger partial charge on any atom is 0.225 e. The molecule has 0 saturated carbocycles. The first-order valence-electron chi connectivity index (χ1n) is 7.09. The monoisotopic (exact) mass is 295 g/mol. The molecule has 2 heterocycles. The number of fused-ring (bicyclic) bond motifs is 1. The average Bonchev–Trinajstić information content (AvgIpc) is 2.98. The van der Waals surface area contributed by atoms with Gasteiger partial charge in [-0.15, -0.1) is 12.4 Å². The van der Waals surface area contributed by atoms with Gasteiger partial charge in [0.2, 0.25) is 5.91 Å². The van der Waals surface area contributed by atoms with Gasteiger partial charge in [-0.05, 0) is 37.1 Å². The lowest BCUT2D eigenvalue weighted by Crippen LogP contribution is -2.29. The lowest BCUT2D eigenvalue weighted by atomic mass is 10.0. The smallest absolute Gasteiger partial charge is 0.225 e. The van der Waals surface area contributed by atoms with Crippen molar-refractivity contribution in [1.82, 2.24) is 10.2 Å². The largest absolute Gasteiger partial charge is 0.326 e. The molecule has 1 aromatic rings. The van der Waals surface area contributed by atoms with Crippen LogP contribution < -0.4 is 10.6 Å². The fourth-order valence-electron chi connectivity index (χ4n) is 3.14. The van der Waals surface area contributed by atoms with Crippen LogP contribution in [0.3, 0.4) is 0 Å². The van der Waals surface area contributed by atoms with E-state index in [2.05, 4.69) is 15.5 Å². The van der Waals surface area contributed by atoms with Crippen LogP contribution >= 0.6 is 12.4 Å². The number of carbonyl (C=O) groups excluding carboxylic acids is 1. The second-order valence-corrected chi connectivity index (χ2v) is 5.60. The van der Waals surface area contributed by atoms with E-state index in [1.54, 1.807) is 0 Å². The van der Waals surface area contributed by atoms with Crippen molar-refractivity contribution < 1.29 is 4.79 Å². The van der Waals surface area contributed by atoms with Crippen molar-refractivity contribution in [3.63, 3.8) is 0 Å². The second-order valence-electron chi connectivity index (χ2n) is 5.60. The van der Waals surface area contributed by atoms with E-state index in [4.69, 9.17) is 0 Å². The molecular formula is C15H22ClN3O. The molecule has 0 unspecified atom stereocenters. The maximum absolute atomic E-state index is 11.9. The van der Waals surface area contributed by atoms with Crippen molar-refractivity contribution in [2.75, 3.05) is 38.0 Å². The summed E-state index contributed by atoms with van der Waals surface area (Å²) in [6.45, 7) is 5.48. The molecule has 1 aromatic carbocycles. The summed E-state index contributed by atoms with van der Waals surface area (Å²) in [5.74, 6) is 1.72. The van der Waals surface area contributed by atoms with Crippen molar-refractivity contribution in [1.29, 1.82) is 0 Å². The number of para-hydroxylation sites is 1. The van der Waals surface area contributed by atoms with Gasteiger partial charge in [0.15, 0.2) is 0 Å². The molecule has 4 nitrogen and oxygen atoms in total.